The second kappa shape index (κ2) is 8.52. The van der Waals surface area contributed by atoms with E-state index in [1.807, 2.05) is 76.5 Å². The average molecular weight is 484 g/mol. The maximum absolute atomic E-state index is 6.16. The van der Waals surface area contributed by atoms with Crippen LogP contribution in [0.3, 0.4) is 0 Å². The highest BCUT2D eigenvalue weighted by molar-refractivity contribution is 6.62. The van der Waals surface area contributed by atoms with Crippen LogP contribution in [0.4, 0.5) is 0 Å². The van der Waals surface area contributed by atoms with E-state index < -0.39 is 7.12 Å². The molecule has 0 amide bonds. The van der Waals surface area contributed by atoms with Crippen LogP contribution < -0.4 is 10.9 Å². The first-order valence-corrected chi connectivity index (χ1v) is 12.5. The Labute approximate surface area is 215 Å². The van der Waals surface area contributed by atoms with Gasteiger partial charge in [-0.1, -0.05) is 30.3 Å². The molecule has 36 heavy (non-hydrogen) atoms. The molecule has 0 bridgehead atoms. The summed E-state index contributed by atoms with van der Waals surface area (Å²) in [6.07, 6.45) is 3.67. The number of pyridine rings is 2. The van der Waals surface area contributed by atoms with E-state index in [4.69, 9.17) is 18.6 Å². The predicted octanol–water partition coefficient (Wildman–Crippen LogP) is 4.41. The van der Waals surface area contributed by atoms with Gasteiger partial charge in [-0.2, -0.15) is 0 Å². The van der Waals surface area contributed by atoms with Crippen molar-refractivity contribution >= 4 is 25.2 Å². The van der Waals surface area contributed by atoms with Gasteiger partial charge in [0.15, 0.2) is 0 Å². The Morgan fingerprint density at radius 2 is 0.861 bits per heavy atom. The van der Waals surface area contributed by atoms with Crippen LogP contribution in [0.1, 0.15) is 55.4 Å². The van der Waals surface area contributed by atoms with Gasteiger partial charge in [-0.05, 0) is 79.1 Å². The van der Waals surface area contributed by atoms with Crippen LogP contribution in [-0.2, 0) is 18.6 Å². The van der Waals surface area contributed by atoms with Crippen molar-refractivity contribution in [2.45, 2.75) is 77.8 Å². The molecule has 2 aromatic heterocycles. The molecular weight excluding hydrogens is 450 g/mol. The van der Waals surface area contributed by atoms with Gasteiger partial charge in [0.1, 0.15) is 0 Å². The summed E-state index contributed by atoms with van der Waals surface area (Å²) in [4.78, 5) is 9.33. The third kappa shape index (κ3) is 4.41. The van der Waals surface area contributed by atoms with Gasteiger partial charge in [0.2, 0.25) is 0 Å². The van der Waals surface area contributed by atoms with Crippen molar-refractivity contribution in [3.63, 3.8) is 0 Å². The van der Waals surface area contributed by atoms with Gasteiger partial charge in [0.05, 0.1) is 33.8 Å². The number of hydrogen-bond donors (Lipinski definition) is 0. The second-order valence-electron chi connectivity index (χ2n) is 11.7. The van der Waals surface area contributed by atoms with E-state index in [1.54, 1.807) is 0 Å². The lowest BCUT2D eigenvalue weighted by molar-refractivity contribution is 0.00578. The van der Waals surface area contributed by atoms with E-state index in [9.17, 15) is 0 Å². The van der Waals surface area contributed by atoms with Gasteiger partial charge in [0.25, 0.3) is 0 Å². The molecule has 2 aliphatic heterocycles. The lowest BCUT2D eigenvalue weighted by Crippen LogP contribution is -2.41. The molecule has 2 fully saturated rings. The molecule has 8 heteroatoms. The summed E-state index contributed by atoms with van der Waals surface area (Å²) in [6.45, 7) is 16.4. The molecule has 0 N–H and O–H groups in total. The first kappa shape index (κ1) is 25.2. The first-order valence-electron chi connectivity index (χ1n) is 12.5. The highest BCUT2D eigenvalue weighted by atomic mass is 16.7. The molecule has 0 radical (unpaired) electrons. The summed E-state index contributed by atoms with van der Waals surface area (Å²) in [5.74, 6) is 0. The highest BCUT2D eigenvalue weighted by Crippen LogP contribution is 2.37. The molecule has 186 valence electrons. The fraction of sp³-hybridized carbons (Fsp3) is 0.429. The summed E-state index contributed by atoms with van der Waals surface area (Å²) < 4.78 is 24.6. The Hall–Kier alpha value is -2.51. The van der Waals surface area contributed by atoms with Crippen LogP contribution in [0.2, 0.25) is 0 Å². The predicted molar refractivity (Wildman–Crippen MR) is 144 cm³/mol. The molecule has 0 atom stereocenters. The third-order valence-electron chi connectivity index (χ3n) is 8.10. The highest BCUT2D eigenvalue weighted by Gasteiger charge is 2.52. The fourth-order valence-electron chi connectivity index (χ4n) is 4.20. The monoisotopic (exact) mass is 484 g/mol. The molecule has 3 aromatic rings. The topological polar surface area (TPSA) is 62.7 Å². The summed E-state index contributed by atoms with van der Waals surface area (Å²) in [6, 6.07) is 16.2. The van der Waals surface area contributed by atoms with Crippen molar-refractivity contribution < 1.29 is 18.6 Å². The van der Waals surface area contributed by atoms with Crippen LogP contribution in [0.15, 0.2) is 60.9 Å². The van der Waals surface area contributed by atoms with E-state index >= 15 is 0 Å². The lowest BCUT2D eigenvalue weighted by atomic mass is 9.79. The van der Waals surface area contributed by atoms with Crippen molar-refractivity contribution in [1.82, 2.24) is 9.97 Å². The first-order chi connectivity index (χ1) is 16.8. The summed E-state index contributed by atoms with van der Waals surface area (Å²) in [5.41, 5.74) is 4.17. The third-order valence-corrected chi connectivity index (χ3v) is 8.10. The lowest BCUT2D eigenvalue weighted by Gasteiger charge is -2.32. The smallest absolute Gasteiger partial charge is 0.399 e. The number of nitrogens with zero attached hydrogens (tertiary/aromatic N) is 2. The molecule has 5 rings (SSSR count). The minimum absolute atomic E-state index is 0.357. The Morgan fingerprint density at radius 1 is 0.472 bits per heavy atom. The maximum atomic E-state index is 6.16. The Morgan fingerprint density at radius 3 is 1.31 bits per heavy atom. The molecule has 6 nitrogen and oxygen atoms in total. The zero-order valence-electron chi connectivity index (χ0n) is 22.5. The molecule has 0 unspecified atom stereocenters. The van der Waals surface area contributed by atoms with Gasteiger partial charge in [-0.3, -0.25) is 9.97 Å². The number of aromatic nitrogens is 2. The fourth-order valence-corrected chi connectivity index (χ4v) is 4.20. The van der Waals surface area contributed by atoms with Crippen LogP contribution in [0.25, 0.3) is 22.5 Å². The van der Waals surface area contributed by atoms with Crippen molar-refractivity contribution in [2.24, 2.45) is 0 Å². The van der Waals surface area contributed by atoms with E-state index in [-0.39, 0.29) is 29.5 Å². The summed E-state index contributed by atoms with van der Waals surface area (Å²) in [5, 5.41) is 0. The number of benzene rings is 1. The zero-order valence-corrected chi connectivity index (χ0v) is 22.5. The molecule has 2 saturated heterocycles. The van der Waals surface area contributed by atoms with Gasteiger partial charge >= 0.3 is 14.2 Å². The summed E-state index contributed by atoms with van der Waals surface area (Å²) >= 11 is 0. The SMILES string of the molecule is CC1(C)OB(c2ccc(-c3ccc(-c4ccc(B5OC(C)(C)C(C)(C)O5)cn4)cn3)cc2)OC1(C)C. The summed E-state index contributed by atoms with van der Waals surface area (Å²) in [7, 11) is -0.789. The van der Waals surface area contributed by atoms with Gasteiger partial charge < -0.3 is 18.6 Å². The van der Waals surface area contributed by atoms with Crippen LogP contribution in [0.5, 0.6) is 0 Å². The van der Waals surface area contributed by atoms with E-state index in [0.29, 0.717) is 0 Å². The largest absolute Gasteiger partial charge is 0.496 e. The second-order valence-corrected chi connectivity index (χ2v) is 11.7. The molecule has 0 saturated carbocycles. The van der Waals surface area contributed by atoms with Crippen LogP contribution >= 0.6 is 0 Å². The molecular formula is C28H34B2N2O4. The molecule has 2 aliphatic rings. The van der Waals surface area contributed by atoms with Gasteiger partial charge in [-0.25, -0.2) is 0 Å². The van der Waals surface area contributed by atoms with Crippen molar-refractivity contribution in [2.75, 3.05) is 0 Å². The molecule has 4 heterocycles. The van der Waals surface area contributed by atoms with Gasteiger partial charge in [0, 0.05) is 29.0 Å². The minimum Gasteiger partial charge on any atom is -0.399 e. The minimum atomic E-state index is -0.419. The number of rotatable bonds is 4. The molecule has 1 aromatic carbocycles. The van der Waals surface area contributed by atoms with E-state index in [0.717, 1.165) is 33.4 Å². The van der Waals surface area contributed by atoms with Crippen molar-refractivity contribution in [3.8, 4) is 22.5 Å². The Kier molecular flexibility index (Phi) is 5.95. The normalized spacial score (nSPS) is 21.7. The Balaban J connectivity index is 1.27. The van der Waals surface area contributed by atoms with E-state index in [2.05, 4.69) is 49.8 Å². The van der Waals surface area contributed by atoms with Crippen LogP contribution in [0, 0.1) is 0 Å². The number of hydrogen-bond acceptors (Lipinski definition) is 6. The maximum Gasteiger partial charge on any atom is 0.496 e. The zero-order chi connectivity index (χ0) is 25.9. The average Bonchev–Trinajstić information content (AvgIpc) is 3.19. The quantitative estimate of drug-likeness (QED) is 0.512. The Bertz CT molecular complexity index is 1110. The van der Waals surface area contributed by atoms with Crippen molar-refractivity contribution in [1.29, 1.82) is 0 Å². The molecule has 0 aliphatic carbocycles. The standard InChI is InChI=1S/C28H34B2N2O4/c1-25(2)26(3,4)34-29(33-25)21-12-9-19(10-13-21)23-15-11-20(17-31-23)24-16-14-22(18-32-24)30-35-27(5,6)28(7,8)36-30/h9-18H,1-8H3. The van der Waals surface area contributed by atoms with Gasteiger partial charge in [-0.15, -0.1) is 0 Å². The van der Waals surface area contributed by atoms with Crippen molar-refractivity contribution in [3.05, 3.63) is 60.9 Å². The molecule has 0 spiro atoms. The van der Waals surface area contributed by atoms with Crippen LogP contribution in [-0.4, -0.2) is 46.6 Å². The van der Waals surface area contributed by atoms with E-state index in [1.165, 1.54) is 0 Å².